The van der Waals surface area contributed by atoms with Gasteiger partial charge >= 0.3 is 0 Å². The molecule has 82 valence electrons. The van der Waals surface area contributed by atoms with Gasteiger partial charge in [0.05, 0.1) is 0 Å². The second-order valence-corrected chi connectivity index (χ2v) is 6.99. The van der Waals surface area contributed by atoms with Crippen LogP contribution in [0.2, 0.25) is 0 Å². The van der Waals surface area contributed by atoms with E-state index in [1.165, 1.54) is 38.5 Å². The van der Waals surface area contributed by atoms with Crippen molar-refractivity contribution < 1.29 is 5.48 Å². The van der Waals surface area contributed by atoms with E-state index in [0.717, 1.165) is 5.92 Å². The number of rotatable bonds is 0. The molecule has 0 aliphatic heterocycles. The predicted octanol–water partition coefficient (Wildman–Crippen LogP) is 1.87. The SMILES string of the molecule is CC12CC3CC(C)(C1)CC(N)(C3)C2.O. The van der Waals surface area contributed by atoms with Crippen molar-refractivity contribution in [3.8, 4) is 0 Å². The van der Waals surface area contributed by atoms with E-state index in [2.05, 4.69) is 13.8 Å². The van der Waals surface area contributed by atoms with Crippen LogP contribution in [-0.2, 0) is 0 Å². The summed E-state index contributed by atoms with van der Waals surface area (Å²) >= 11 is 0. The maximum absolute atomic E-state index is 6.49. The number of hydrogen-bond donors (Lipinski definition) is 1. The van der Waals surface area contributed by atoms with Crippen LogP contribution in [0, 0.1) is 16.7 Å². The van der Waals surface area contributed by atoms with Crippen molar-refractivity contribution in [1.29, 1.82) is 0 Å². The summed E-state index contributed by atoms with van der Waals surface area (Å²) in [7, 11) is 0. The van der Waals surface area contributed by atoms with Crippen LogP contribution in [0.1, 0.15) is 52.4 Å². The molecule has 4 aliphatic carbocycles. The van der Waals surface area contributed by atoms with Crippen molar-refractivity contribution >= 4 is 0 Å². The summed E-state index contributed by atoms with van der Waals surface area (Å²) in [5.41, 5.74) is 7.92. The van der Waals surface area contributed by atoms with E-state index in [0.29, 0.717) is 10.8 Å². The molecule has 4 N–H and O–H groups in total. The van der Waals surface area contributed by atoms with Gasteiger partial charge in [-0.05, 0) is 55.3 Å². The average molecular weight is 197 g/mol. The van der Waals surface area contributed by atoms with Crippen LogP contribution in [-0.4, -0.2) is 11.0 Å². The molecular weight excluding hydrogens is 174 g/mol. The van der Waals surface area contributed by atoms with E-state index < -0.39 is 0 Å². The third kappa shape index (κ3) is 1.31. The first-order valence-electron chi connectivity index (χ1n) is 5.70. The maximum Gasteiger partial charge on any atom is 0.0167 e. The Morgan fingerprint density at radius 3 is 1.79 bits per heavy atom. The van der Waals surface area contributed by atoms with Crippen molar-refractivity contribution in [3.63, 3.8) is 0 Å². The Hall–Kier alpha value is -0.0800. The zero-order chi connectivity index (χ0) is 9.32. The summed E-state index contributed by atoms with van der Waals surface area (Å²) in [6.07, 6.45) is 8.27. The zero-order valence-electron chi connectivity index (χ0n) is 9.40. The van der Waals surface area contributed by atoms with Crippen LogP contribution in [0.25, 0.3) is 0 Å². The third-order valence-corrected chi connectivity index (χ3v) is 4.67. The van der Waals surface area contributed by atoms with Gasteiger partial charge in [0, 0.05) is 5.54 Å². The highest BCUT2D eigenvalue weighted by molar-refractivity contribution is 5.12. The molecule has 2 atom stereocenters. The van der Waals surface area contributed by atoms with Crippen molar-refractivity contribution in [2.75, 3.05) is 0 Å². The van der Waals surface area contributed by atoms with Crippen LogP contribution in [0.5, 0.6) is 0 Å². The number of nitrogens with two attached hydrogens (primary N) is 1. The van der Waals surface area contributed by atoms with Gasteiger partial charge < -0.3 is 11.2 Å². The summed E-state index contributed by atoms with van der Waals surface area (Å²) in [6, 6.07) is 0. The van der Waals surface area contributed by atoms with Crippen LogP contribution in [0.4, 0.5) is 0 Å². The van der Waals surface area contributed by atoms with E-state index >= 15 is 0 Å². The van der Waals surface area contributed by atoms with E-state index in [1.807, 2.05) is 0 Å². The van der Waals surface area contributed by atoms with Crippen molar-refractivity contribution in [1.82, 2.24) is 0 Å². The molecule has 0 aromatic rings. The van der Waals surface area contributed by atoms with E-state index in [9.17, 15) is 0 Å². The van der Waals surface area contributed by atoms with E-state index in [1.54, 1.807) is 0 Å². The summed E-state index contributed by atoms with van der Waals surface area (Å²) in [5.74, 6) is 0.955. The molecule has 14 heavy (non-hydrogen) atoms. The largest absolute Gasteiger partial charge is 0.412 e. The van der Waals surface area contributed by atoms with Gasteiger partial charge in [0.25, 0.3) is 0 Å². The lowest BCUT2D eigenvalue weighted by Crippen LogP contribution is -2.62. The van der Waals surface area contributed by atoms with E-state index in [4.69, 9.17) is 5.73 Å². The molecule has 0 aromatic heterocycles. The fourth-order valence-corrected chi connectivity index (χ4v) is 5.54. The lowest BCUT2D eigenvalue weighted by Gasteiger charge is -2.64. The topological polar surface area (TPSA) is 57.5 Å². The van der Waals surface area contributed by atoms with Crippen molar-refractivity contribution in [2.24, 2.45) is 22.5 Å². The molecule has 4 saturated carbocycles. The Morgan fingerprint density at radius 2 is 1.43 bits per heavy atom. The second-order valence-electron chi connectivity index (χ2n) is 6.99. The highest BCUT2D eigenvalue weighted by Gasteiger charge is 2.58. The molecule has 2 nitrogen and oxygen atoms in total. The standard InChI is InChI=1S/C12H21N.H2O/c1-10-3-9-4-11(2,6-10)8-12(13,5-9)7-10;/h9H,3-8,13H2,1-2H3;1H2. The summed E-state index contributed by atoms with van der Waals surface area (Å²) < 4.78 is 0. The molecule has 0 spiro atoms. The molecule has 2 heteroatoms. The highest BCUT2D eigenvalue weighted by atomic mass is 16.0. The highest BCUT2D eigenvalue weighted by Crippen LogP contribution is 2.65. The van der Waals surface area contributed by atoms with E-state index in [-0.39, 0.29) is 11.0 Å². The lowest BCUT2D eigenvalue weighted by atomic mass is 9.43. The Balaban J connectivity index is 0.000000750. The summed E-state index contributed by atoms with van der Waals surface area (Å²) in [5, 5.41) is 0. The molecule has 0 radical (unpaired) electrons. The molecule has 4 aliphatic rings. The molecule has 0 aromatic carbocycles. The average Bonchev–Trinajstić information content (AvgIpc) is 1.71. The first kappa shape index (κ1) is 10.4. The quantitative estimate of drug-likeness (QED) is 0.633. The molecule has 0 saturated heterocycles. The first-order valence-corrected chi connectivity index (χ1v) is 5.70. The molecular formula is C12H23NO. The zero-order valence-corrected chi connectivity index (χ0v) is 9.40. The molecule has 0 amide bonds. The van der Waals surface area contributed by atoms with Gasteiger partial charge in [-0.1, -0.05) is 13.8 Å². The maximum atomic E-state index is 6.49. The van der Waals surface area contributed by atoms with Gasteiger partial charge in [-0.25, -0.2) is 0 Å². The predicted molar refractivity (Wildman–Crippen MR) is 57.9 cm³/mol. The van der Waals surface area contributed by atoms with Gasteiger partial charge in [-0.15, -0.1) is 0 Å². The van der Waals surface area contributed by atoms with Crippen molar-refractivity contribution in [3.05, 3.63) is 0 Å². The molecule has 4 fully saturated rings. The fraction of sp³-hybridized carbons (Fsp3) is 1.00. The number of hydrogen-bond acceptors (Lipinski definition) is 1. The molecule has 4 bridgehead atoms. The van der Waals surface area contributed by atoms with Crippen LogP contribution >= 0.6 is 0 Å². The van der Waals surface area contributed by atoms with Gasteiger partial charge in [0.15, 0.2) is 0 Å². The Morgan fingerprint density at radius 1 is 0.929 bits per heavy atom. The minimum absolute atomic E-state index is 0. The molecule has 2 unspecified atom stereocenters. The Labute approximate surface area is 86.6 Å². The normalized spacial score (nSPS) is 59.8. The third-order valence-electron chi connectivity index (χ3n) is 4.67. The van der Waals surface area contributed by atoms with Gasteiger partial charge in [-0.2, -0.15) is 0 Å². The Bertz CT molecular complexity index is 212. The lowest BCUT2D eigenvalue weighted by molar-refractivity contribution is -0.104. The van der Waals surface area contributed by atoms with Gasteiger partial charge in [0.1, 0.15) is 0 Å². The van der Waals surface area contributed by atoms with Gasteiger partial charge in [0.2, 0.25) is 0 Å². The fourth-order valence-electron chi connectivity index (χ4n) is 5.54. The van der Waals surface area contributed by atoms with Crippen molar-refractivity contribution in [2.45, 2.75) is 57.9 Å². The molecule has 4 rings (SSSR count). The minimum Gasteiger partial charge on any atom is -0.412 e. The van der Waals surface area contributed by atoms with Crippen LogP contribution in [0.3, 0.4) is 0 Å². The van der Waals surface area contributed by atoms with Crippen LogP contribution < -0.4 is 5.73 Å². The first-order chi connectivity index (χ1) is 5.91. The summed E-state index contributed by atoms with van der Waals surface area (Å²) in [6.45, 7) is 4.94. The van der Waals surface area contributed by atoms with Gasteiger partial charge in [-0.3, -0.25) is 0 Å². The minimum atomic E-state index is 0. The summed E-state index contributed by atoms with van der Waals surface area (Å²) in [4.78, 5) is 0. The Kier molecular flexibility index (Phi) is 1.89. The monoisotopic (exact) mass is 197 g/mol. The van der Waals surface area contributed by atoms with Crippen LogP contribution in [0.15, 0.2) is 0 Å². The smallest absolute Gasteiger partial charge is 0.0167 e. The second kappa shape index (κ2) is 2.53. The molecule has 0 heterocycles.